The van der Waals surface area contributed by atoms with Gasteiger partial charge in [0.1, 0.15) is 12.1 Å². The minimum atomic E-state index is -3.93. The van der Waals surface area contributed by atoms with E-state index in [9.17, 15) is 18.0 Å². The van der Waals surface area contributed by atoms with Gasteiger partial charge in [-0.3, -0.25) is 14.5 Å². The number of hydrogen-bond acceptors (Lipinski definition) is 7. The molecule has 1 saturated heterocycles. The van der Waals surface area contributed by atoms with Crippen LogP contribution in [0.25, 0.3) is 0 Å². The molecular formula is C23H28N2O6S. The summed E-state index contributed by atoms with van der Waals surface area (Å²) in [6, 6.07) is 15.4. The predicted octanol–water partition coefficient (Wildman–Crippen LogP) is 2.06. The van der Waals surface area contributed by atoms with Gasteiger partial charge in [0.25, 0.3) is 0 Å². The molecule has 1 heterocycles. The van der Waals surface area contributed by atoms with Crippen LogP contribution in [0.1, 0.15) is 19.4 Å². The standard InChI is InChI=1S/C23H28N2O6S/c1-3-30-22(26)20-16-24(32(28,29)19-13-9-6-10-14-19)17-21(23(27)31-4-2)25(20)15-18-11-7-5-8-12-18/h5-14,20-21H,3-4,15-17H2,1-2H3/t20-,21-/m1/s1. The molecule has 1 fully saturated rings. The molecule has 0 aromatic heterocycles. The second-order valence-electron chi connectivity index (χ2n) is 7.33. The minimum absolute atomic E-state index is 0.0988. The van der Waals surface area contributed by atoms with Crippen LogP contribution in [0, 0.1) is 0 Å². The van der Waals surface area contributed by atoms with E-state index in [4.69, 9.17) is 9.47 Å². The maximum absolute atomic E-state index is 13.3. The lowest BCUT2D eigenvalue weighted by molar-refractivity contribution is -0.161. The van der Waals surface area contributed by atoms with Gasteiger partial charge in [-0.2, -0.15) is 4.31 Å². The lowest BCUT2D eigenvalue weighted by Gasteiger charge is -2.43. The average Bonchev–Trinajstić information content (AvgIpc) is 2.80. The molecule has 0 amide bonds. The van der Waals surface area contributed by atoms with Gasteiger partial charge in [0.05, 0.1) is 18.1 Å². The lowest BCUT2D eigenvalue weighted by Crippen LogP contribution is -2.64. The van der Waals surface area contributed by atoms with Crippen molar-refractivity contribution in [3.05, 3.63) is 66.2 Å². The number of ether oxygens (including phenoxy) is 2. The first-order valence-corrected chi connectivity index (χ1v) is 12.0. The minimum Gasteiger partial charge on any atom is -0.465 e. The van der Waals surface area contributed by atoms with Gasteiger partial charge in [0, 0.05) is 19.6 Å². The van der Waals surface area contributed by atoms with Crippen LogP contribution in [0.15, 0.2) is 65.6 Å². The molecule has 0 radical (unpaired) electrons. The van der Waals surface area contributed by atoms with Crippen molar-refractivity contribution in [2.45, 2.75) is 37.4 Å². The number of esters is 2. The molecule has 1 aliphatic rings. The average molecular weight is 461 g/mol. The molecule has 0 spiro atoms. The first kappa shape index (κ1) is 23.9. The molecule has 9 heteroatoms. The summed E-state index contributed by atoms with van der Waals surface area (Å²) in [5, 5.41) is 0. The SMILES string of the molecule is CCOC(=O)[C@H]1CN(S(=O)(=O)c2ccccc2)C[C@H](C(=O)OCC)N1Cc1ccccc1. The van der Waals surface area contributed by atoms with E-state index in [1.165, 1.54) is 16.4 Å². The maximum Gasteiger partial charge on any atom is 0.324 e. The highest BCUT2D eigenvalue weighted by molar-refractivity contribution is 7.89. The van der Waals surface area contributed by atoms with Crippen LogP contribution in [0.3, 0.4) is 0 Å². The third-order valence-electron chi connectivity index (χ3n) is 5.26. The summed E-state index contributed by atoms with van der Waals surface area (Å²) in [4.78, 5) is 27.6. The van der Waals surface area contributed by atoms with Crippen LogP contribution in [-0.4, -0.2) is 67.9 Å². The van der Waals surface area contributed by atoms with E-state index in [0.29, 0.717) is 0 Å². The molecule has 0 saturated carbocycles. The van der Waals surface area contributed by atoms with Crippen molar-refractivity contribution < 1.29 is 27.5 Å². The van der Waals surface area contributed by atoms with Crippen LogP contribution < -0.4 is 0 Å². The van der Waals surface area contributed by atoms with Gasteiger partial charge in [-0.1, -0.05) is 48.5 Å². The molecule has 32 heavy (non-hydrogen) atoms. The monoisotopic (exact) mass is 460 g/mol. The number of nitrogens with zero attached hydrogens (tertiary/aromatic N) is 2. The number of carbonyl (C=O) groups is 2. The van der Waals surface area contributed by atoms with Crippen molar-refractivity contribution in [1.82, 2.24) is 9.21 Å². The summed E-state index contributed by atoms with van der Waals surface area (Å²) in [7, 11) is -3.93. The highest BCUT2D eigenvalue weighted by Gasteiger charge is 2.46. The fraction of sp³-hybridized carbons (Fsp3) is 0.391. The van der Waals surface area contributed by atoms with Crippen molar-refractivity contribution in [2.24, 2.45) is 0 Å². The zero-order chi connectivity index (χ0) is 23.1. The summed E-state index contributed by atoms with van der Waals surface area (Å²) in [6.07, 6.45) is 0. The molecule has 0 unspecified atom stereocenters. The Morgan fingerprint density at radius 1 is 0.844 bits per heavy atom. The van der Waals surface area contributed by atoms with E-state index in [1.807, 2.05) is 30.3 Å². The number of carbonyl (C=O) groups excluding carboxylic acids is 2. The molecular weight excluding hydrogens is 432 g/mol. The third kappa shape index (κ3) is 5.35. The van der Waals surface area contributed by atoms with Crippen molar-refractivity contribution in [1.29, 1.82) is 0 Å². The summed E-state index contributed by atoms with van der Waals surface area (Å²) in [6.45, 7) is 3.67. The first-order chi connectivity index (χ1) is 15.4. The van der Waals surface area contributed by atoms with E-state index < -0.39 is 34.0 Å². The van der Waals surface area contributed by atoms with Gasteiger partial charge in [-0.25, -0.2) is 8.42 Å². The Labute approximate surface area is 188 Å². The van der Waals surface area contributed by atoms with Crippen LogP contribution in [-0.2, 0) is 35.6 Å². The fourth-order valence-corrected chi connectivity index (χ4v) is 5.21. The molecule has 172 valence electrons. The second kappa shape index (κ2) is 10.7. The fourth-order valence-electron chi connectivity index (χ4n) is 3.74. The Bertz CT molecular complexity index is 985. The van der Waals surface area contributed by atoms with Gasteiger partial charge in [0.15, 0.2) is 0 Å². The Balaban J connectivity index is 2.01. The largest absolute Gasteiger partial charge is 0.465 e. The Kier molecular flexibility index (Phi) is 8.00. The molecule has 8 nitrogen and oxygen atoms in total. The molecule has 2 aromatic rings. The predicted molar refractivity (Wildman–Crippen MR) is 118 cm³/mol. The maximum atomic E-state index is 13.3. The van der Waals surface area contributed by atoms with E-state index >= 15 is 0 Å². The summed E-state index contributed by atoms with van der Waals surface area (Å²) < 4.78 is 38.3. The van der Waals surface area contributed by atoms with Gasteiger partial charge in [-0.15, -0.1) is 0 Å². The number of hydrogen-bond donors (Lipinski definition) is 0. The van der Waals surface area contributed by atoms with Crippen molar-refractivity contribution >= 4 is 22.0 Å². The first-order valence-electron chi connectivity index (χ1n) is 10.6. The molecule has 0 bridgehead atoms. The van der Waals surface area contributed by atoms with Crippen molar-refractivity contribution in [3.8, 4) is 0 Å². The summed E-state index contributed by atoms with van der Waals surface area (Å²) >= 11 is 0. The molecule has 3 rings (SSSR count). The summed E-state index contributed by atoms with van der Waals surface area (Å²) in [5.74, 6) is -1.16. The molecule has 2 aromatic carbocycles. The van der Waals surface area contributed by atoms with Gasteiger partial charge < -0.3 is 9.47 Å². The molecule has 2 atom stereocenters. The summed E-state index contributed by atoms with van der Waals surface area (Å²) in [5.41, 5.74) is 0.885. The number of piperazine rings is 1. The Morgan fingerprint density at radius 2 is 1.31 bits per heavy atom. The Morgan fingerprint density at radius 3 is 1.78 bits per heavy atom. The van der Waals surface area contributed by atoms with Gasteiger partial charge in [-0.05, 0) is 31.5 Å². The molecule has 1 aliphatic heterocycles. The van der Waals surface area contributed by atoms with Crippen LogP contribution in [0.5, 0.6) is 0 Å². The zero-order valence-corrected chi connectivity index (χ0v) is 19.0. The number of benzene rings is 2. The van der Waals surface area contributed by atoms with Crippen LogP contribution in [0.2, 0.25) is 0 Å². The molecule has 0 aliphatic carbocycles. The van der Waals surface area contributed by atoms with E-state index in [1.54, 1.807) is 36.9 Å². The third-order valence-corrected chi connectivity index (χ3v) is 7.11. The Hall–Kier alpha value is -2.75. The highest BCUT2D eigenvalue weighted by atomic mass is 32.2. The smallest absolute Gasteiger partial charge is 0.324 e. The van der Waals surface area contributed by atoms with E-state index in [2.05, 4.69) is 0 Å². The van der Waals surface area contributed by atoms with Gasteiger partial charge >= 0.3 is 11.9 Å². The van der Waals surface area contributed by atoms with Crippen molar-refractivity contribution in [2.75, 3.05) is 26.3 Å². The van der Waals surface area contributed by atoms with E-state index in [0.717, 1.165) is 5.56 Å². The van der Waals surface area contributed by atoms with E-state index in [-0.39, 0.29) is 37.7 Å². The normalized spacial score (nSPS) is 19.9. The molecule has 0 N–H and O–H groups in total. The highest BCUT2D eigenvalue weighted by Crippen LogP contribution is 2.26. The zero-order valence-electron chi connectivity index (χ0n) is 18.2. The van der Waals surface area contributed by atoms with Crippen LogP contribution in [0.4, 0.5) is 0 Å². The van der Waals surface area contributed by atoms with Crippen molar-refractivity contribution in [3.63, 3.8) is 0 Å². The number of rotatable bonds is 8. The quantitative estimate of drug-likeness (QED) is 0.557. The van der Waals surface area contributed by atoms with Gasteiger partial charge in [0.2, 0.25) is 10.0 Å². The topological polar surface area (TPSA) is 93.2 Å². The number of sulfonamides is 1. The second-order valence-corrected chi connectivity index (χ2v) is 9.27. The van der Waals surface area contributed by atoms with Crippen LogP contribution >= 0.6 is 0 Å². The lowest BCUT2D eigenvalue weighted by atomic mass is 10.1.